The van der Waals surface area contributed by atoms with Crippen molar-refractivity contribution in [3.05, 3.63) is 64.9 Å². The second kappa shape index (κ2) is 12.4. The van der Waals surface area contributed by atoms with Crippen molar-refractivity contribution in [3.63, 3.8) is 0 Å². The average molecular weight is 535 g/mol. The molecule has 198 valence electrons. The summed E-state index contributed by atoms with van der Waals surface area (Å²) in [5, 5.41) is 8.95. The normalized spacial score (nSPS) is 19.6. The average Bonchev–Trinajstić information content (AvgIpc) is 3.37. The van der Waals surface area contributed by atoms with Crippen LogP contribution in [0.3, 0.4) is 0 Å². The van der Waals surface area contributed by atoms with Gasteiger partial charge in [-0.25, -0.2) is 13.2 Å². The maximum absolute atomic E-state index is 14.3. The molecular formula is C26H29F3N4O3S. The Hall–Kier alpha value is -3.18. The summed E-state index contributed by atoms with van der Waals surface area (Å²) in [6.45, 7) is 3.36. The van der Waals surface area contributed by atoms with Gasteiger partial charge in [0.15, 0.2) is 0 Å². The molecule has 1 amide bonds. The third kappa shape index (κ3) is 6.98. The number of pyridine rings is 1. The number of carbonyl (C=O) groups is 1. The van der Waals surface area contributed by atoms with Crippen LogP contribution in [0.25, 0.3) is 0 Å². The molecule has 3 heterocycles. The van der Waals surface area contributed by atoms with Crippen LogP contribution in [0.5, 0.6) is 5.75 Å². The van der Waals surface area contributed by atoms with Gasteiger partial charge in [-0.05, 0) is 38.0 Å². The third-order valence-electron chi connectivity index (χ3n) is 6.18. The van der Waals surface area contributed by atoms with E-state index in [1.165, 1.54) is 12.1 Å². The molecule has 2 aromatic rings. The second-order valence-corrected chi connectivity index (χ2v) is 9.44. The smallest absolute Gasteiger partial charge is 0.256 e. The van der Waals surface area contributed by atoms with Crippen molar-refractivity contribution >= 4 is 28.8 Å². The molecule has 0 saturated carbocycles. The molecule has 0 spiro atoms. The second-order valence-electron chi connectivity index (χ2n) is 9.03. The van der Waals surface area contributed by atoms with Gasteiger partial charge in [-0.1, -0.05) is 18.3 Å². The minimum absolute atomic E-state index is 0.0117. The standard InChI is InChI=1S/C26H29F3N4O3S/c1-15-10-21(31-12-16-7-8-30-13-22(16)36-14-17-4-3-9-35-17)24(25(34)32-15)26(37)33-20-6-2-5-19(27)18(20)11-23(28)29/h2,5-8,13,15,17,23,31H,3-4,9-12,14H2,1H3,(H,32,34)(H,33,37)/t15?,17-/m0/s1. The van der Waals surface area contributed by atoms with Crippen LogP contribution in [0.15, 0.2) is 47.9 Å². The van der Waals surface area contributed by atoms with Crippen LogP contribution in [0, 0.1) is 5.82 Å². The van der Waals surface area contributed by atoms with E-state index in [1.807, 2.05) is 13.0 Å². The van der Waals surface area contributed by atoms with Gasteiger partial charge in [-0.15, -0.1) is 0 Å². The van der Waals surface area contributed by atoms with E-state index in [0.29, 0.717) is 31.0 Å². The van der Waals surface area contributed by atoms with Crippen molar-refractivity contribution in [2.24, 2.45) is 0 Å². The number of nitrogens with one attached hydrogen (secondary N) is 3. The minimum atomic E-state index is -2.74. The van der Waals surface area contributed by atoms with E-state index in [2.05, 4.69) is 20.9 Å². The Morgan fingerprint density at radius 1 is 1.35 bits per heavy atom. The molecule has 2 aliphatic heterocycles. The molecule has 1 saturated heterocycles. The minimum Gasteiger partial charge on any atom is -0.489 e. The zero-order chi connectivity index (χ0) is 26.4. The highest BCUT2D eigenvalue weighted by atomic mass is 32.1. The van der Waals surface area contributed by atoms with Gasteiger partial charge < -0.3 is 25.4 Å². The summed E-state index contributed by atoms with van der Waals surface area (Å²) in [6.07, 6.45) is 2.26. The third-order valence-corrected chi connectivity index (χ3v) is 6.49. The van der Waals surface area contributed by atoms with E-state index in [4.69, 9.17) is 21.7 Å². The van der Waals surface area contributed by atoms with Gasteiger partial charge in [0.2, 0.25) is 6.43 Å². The van der Waals surface area contributed by atoms with Gasteiger partial charge in [0.25, 0.3) is 5.91 Å². The van der Waals surface area contributed by atoms with Crippen LogP contribution in [-0.4, -0.2) is 47.7 Å². The zero-order valence-corrected chi connectivity index (χ0v) is 21.2. The Kier molecular flexibility index (Phi) is 8.99. The Balaban J connectivity index is 1.53. The summed E-state index contributed by atoms with van der Waals surface area (Å²) in [5.74, 6) is -0.566. The fraction of sp³-hybridized carbons (Fsp3) is 0.423. The highest BCUT2D eigenvalue weighted by Crippen LogP contribution is 2.26. The fourth-order valence-electron chi connectivity index (χ4n) is 4.36. The van der Waals surface area contributed by atoms with Crippen molar-refractivity contribution in [2.75, 3.05) is 18.5 Å². The molecular weight excluding hydrogens is 505 g/mol. The largest absolute Gasteiger partial charge is 0.489 e. The van der Waals surface area contributed by atoms with E-state index in [1.54, 1.807) is 12.4 Å². The van der Waals surface area contributed by atoms with Gasteiger partial charge in [-0.2, -0.15) is 0 Å². The molecule has 1 aromatic carbocycles. The molecule has 0 radical (unpaired) electrons. The Bertz CT molecular complexity index is 1170. The van der Waals surface area contributed by atoms with Crippen molar-refractivity contribution in [2.45, 2.75) is 57.7 Å². The van der Waals surface area contributed by atoms with Crippen molar-refractivity contribution in [3.8, 4) is 5.75 Å². The van der Waals surface area contributed by atoms with Crippen LogP contribution >= 0.6 is 12.2 Å². The molecule has 3 N–H and O–H groups in total. The van der Waals surface area contributed by atoms with Crippen molar-refractivity contribution in [1.82, 2.24) is 15.6 Å². The molecule has 4 rings (SSSR count). The Labute approximate surface area is 218 Å². The summed E-state index contributed by atoms with van der Waals surface area (Å²) >= 11 is 5.50. The first-order valence-corrected chi connectivity index (χ1v) is 12.5. The topological polar surface area (TPSA) is 84.5 Å². The van der Waals surface area contributed by atoms with Crippen LogP contribution in [0.4, 0.5) is 18.9 Å². The van der Waals surface area contributed by atoms with Gasteiger partial charge in [0, 0.05) is 60.7 Å². The predicted molar refractivity (Wildman–Crippen MR) is 137 cm³/mol. The highest BCUT2D eigenvalue weighted by molar-refractivity contribution is 7.81. The van der Waals surface area contributed by atoms with Crippen LogP contribution in [-0.2, 0) is 22.5 Å². The van der Waals surface area contributed by atoms with E-state index >= 15 is 0 Å². The highest BCUT2D eigenvalue weighted by Gasteiger charge is 2.28. The summed E-state index contributed by atoms with van der Waals surface area (Å²) in [5.41, 5.74) is 1.51. The SMILES string of the molecule is CC1CC(NCc2ccncc2OC[C@@H]2CCCO2)=C(C(=S)Nc2cccc(F)c2CC(F)F)C(=O)N1. The number of hydrogen-bond acceptors (Lipinski definition) is 6. The van der Waals surface area contributed by atoms with E-state index < -0.39 is 24.6 Å². The molecule has 11 heteroatoms. The van der Waals surface area contributed by atoms with E-state index in [-0.39, 0.29) is 34.0 Å². The lowest BCUT2D eigenvalue weighted by atomic mass is 10.0. The van der Waals surface area contributed by atoms with E-state index in [9.17, 15) is 18.0 Å². The Morgan fingerprint density at radius 3 is 2.95 bits per heavy atom. The number of hydrogen-bond donors (Lipinski definition) is 3. The number of benzene rings is 1. The number of anilines is 1. The number of thiocarbonyl (C=S) groups is 1. The first kappa shape index (κ1) is 26.9. The fourth-order valence-corrected chi connectivity index (χ4v) is 4.69. The molecule has 2 atom stereocenters. The summed E-state index contributed by atoms with van der Waals surface area (Å²) in [6, 6.07) is 5.63. The number of amides is 1. The number of aromatic nitrogens is 1. The molecule has 2 aliphatic rings. The molecule has 1 fully saturated rings. The molecule has 0 bridgehead atoms. The molecule has 1 aromatic heterocycles. The number of ether oxygens (including phenoxy) is 2. The lowest BCUT2D eigenvalue weighted by Crippen LogP contribution is -2.44. The quantitative estimate of drug-likeness (QED) is 0.393. The Morgan fingerprint density at radius 2 is 2.19 bits per heavy atom. The molecule has 0 aliphatic carbocycles. The monoisotopic (exact) mass is 534 g/mol. The first-order chi connectivity index (χ1) is 17.8. The summed E-state index contributed by atoms with van der Waals surface area (Å²) in [7, 11) is 0. The maximum Gasteiger partial charge on any atom is 0.256 e. The van der Waals surface area contributed by atoms with Crippen molar-refractivity contribution in [1.29, 1.82) is 0 Å². The number of carbonyl (C=O) groups excluding carboxylic acids is 1. The van der Waals surface area contributed by atoms with Crippen LogP contribution in [0.2, 0.25) is 0 Å². The zero-order valence-electron chi connectivity index (χ0n) is 20.4. The number of alkyl halides is 2. The van der Waals surface area contributed by atoms with Gasteiger partial charge >= 0.3 is 0 Å². The predicted octanol–water partition coefficient (Wildman–Crippen LogP) is 4.28. The molecule has 37 heavy (non-hydrogen) atoms. The van der Waals surface area contributed by atoms with Gasteiger partial charge in [0.05, 0.1) is 17.9 Å². The number of nitrogens with zero attached hydrogens (tertiary/aromatic N) is 1. The number of rotatable bonds is 10. The molecule has 1 unspecified atom stereocenters. The lowest BCUT2D eigenvalue weighted by molar-refractivity contribution is -0.118. The van der Waals surface area contributed by atoms with Crippen molar-refractivity contribution < 1.29 is 27.4 Å². The molecule has 7 nitrogen and oxygen atoms in total. The van der Waals surface area contributed by atoms with Gasteiger partial charge in [0.1, 0.15) is 23.2 Å². The van der Waals surface area contributed by atoms with Crippen LogP contribution < -0.4 is 20.7 Å². The van der Waals surface area contributed by atoms with Crippen LogP contribution in [0.1, 0.15) is 37.3 Å². The maximum atomic E-state index is 14.3. The lowest BCUT2D eigenvalue weighted by Gasteiger charge is -2.27. The first-order valence-electron chi connectivity index (χ1n) is 12.1. The van der Waals surface area contributed by atoms with E-state index in [0.717, 1.165) is 31.1 Å². The number of halogens is 3. The summed E-state index contributed by atoms with van der Waals surface area (Å²) in [4.78, 5) is 17.1. The summed E-state index contributed by atoms with van der Waals surface area (Å²) < 4.78 is 51.9. The van der Waals surface area contributed by atoms with Gasteiger partial charge in [-0.3, -0.25) is 9.78 Å².